The van der Waals surface area contributed by atoms with Crippen molar-refractivity contribution >= 4 is 10.9 Å². The van der Waals surface area contributed by atoms with Gasteiger partial charge >= 0.3 is 0 Å². The molecular formula is C23H30N4O2. The normalized spacial score (nSPS) is 21.2. The molecule has 6 nitrogen and oxygen atoms in total. The minimum absolute atomic E-state index is 0.298. The van der Waals surface area contributed by atoms with Crippen LogP contribution in [0.15, 0.2) is 43.0 Å². The molecule has 0 radical (unpaired) electrons. The van der Waals surface area contributed by atoms with E-state index in [4.69, 9.17) is 9.47 Å². The van der Waals surface area contributed by atoms with Crippen LogP contribution in [0.5, 0.6) is 5.75 Å². The fourth-order valence-electron chi connectivity index (χ4n) is 4.65. The average Bonchev–Trinajstić information content (AvgIpc) is 3.48. The summed E-state index contributed by atoms with van der Waals surface area (Å²) in [6.45, 7) is 4.96. The van der Waals surface area contributed by atoms with Gasteiger partial charge in [-0.25, -0.2) is 4.98 Å². The standard InChI is InChI=1S/C23H30N4O2/c1-25-17-24-15-18(25)5-10-26-11-6-20(7-12-26)29-23-4-2-3-22-21(23)8-13-27(22)19-9-14-28-16-19/h2-4,8,13,15,17,19-20H,5-7,9-12,14,16H2,1H3. The van der Waals surface area contributed by atoms with Crippen molar-refractivity contribution in [1.29, 1.82) is 0 Å². The van der Waals surface area contributed by atoms with Gasteiger partial charge in [-0.05, 0) is 37.5 Å². The lowest BCUT2D eigenvalue weighted by molar-refractivity contribution is 0.102. The second-order valence-corrected chi connectivity index (χ2v) is 8.33. The third kappa shape index (κ3) is 3.91. The molecule has 1 aromatic carbocycles. The third-order valence-electron chi connectivity index (χ3n) is 6.45. The molecule has 0 N–H and O–H groups in total. The number of aryl methyl sites for hydroxylation is 1. The van der Waals surface area contributed by atoms with Gasteiger partial charge in [-0.1, -0.05) is 6.07 Å². The van der Waals surface area contributed by atoms with E-state index in [-0.39, 0.29) is 0 Å². The predicted molar refractivity (Wildman–Crippen MR) is 113 cm³/mol. The topological polar surface area (TPSA) is 44.5 Å². The number of piperidine rings is 1. The number of hydrogen-bond acceptors (Lipinski definition) is 4. The molecule has 154 valence electrons. The van der Waals surface area contributed by atoms with Gasteiger partial charge in [0.25, 0.3) is 0 Å². The minimum atomic E-state index is 0.298. The van der Waals surface area contributed by atoms with Crippen molar-refractivity contribution in [2.45, 2.75) is 37.8 Å². The second-order valence-electron chi connectivity index (χ2n) is 8.33. The van der Waals surface area contributed by atoms with Crippen molar-refractivity contribution in [2.24, 2.45) is 7.05 Å². The molecule has 5 rings (SSSR count). The fourth-order valence-corrected chi connectivity index (χ4v) is 4.65. The van der Waals surface area contributed by atoms with Crippen LogP contribution in [0.25, 0.3) is 10.9 Å². The van der Waals surface area contributed by atoms with Gasteiger partial charge in [-0.2, -0.15) is 0 Å². The number of hydrogen-bond donors (Lipinski definition) is 0. The van der Waals surface area contributed by atoms with E-state index in [2.05, 4.69) is 56.5 Å². The average molecular weight is 395 g/mol. The first-order valence-electron chi connectivity index (χ1n) is 10.8. The summed E-state index contributed by atoms with van der Waals surface area (Å²) in [5.74, 6) is 1.02. The maximum atomic E-state index is 6.48. The molecule has 2 aliphatic heterocycles. The minimum Gasteiger partial charge on any atom is -0.490 e. The van der Waals surface area contributed by atoms with Crippen LogP contribution >= 0.6 is 0 Å². The van der Waals surface area contributed by atoms with Crippen LogP contribution in [-0.4, -0.2) is 58.0 Å². The molecule has 2 fully saturated rings. The molecule has 4 heterocycles. The number of fused-ring (bicyclic) bond motifs is 1. The van der Waals surface area contributed by atoms with Gasteiger partial charge in [-0.3, -0.25) is 0 Å². The van der Waals surface area contributed by atoms with Gasteiger partial charge in [0, 0.05) is 63.2 Å². The van der Waals surface area contributed by atoms with E-state index in [1.807, 2.05) is 12.5 Å². The summed E-state index contributed by atoms with van der Waals surface area (Å²) in [4.78, 5) is 6.76. The number of benzene rings is 1. The van der Waals surface area contributed by atoms with Crippen LogP contribution in [0.1, 0.15) is 31.0 Å². The Hall–Kier alpha value is -2.31. The molecule has 0 saturated carbocycles. The summed E-state index contributed by atoms with van der Waals surface area (Å²) in [5.41, 5.74) is 2.55. The smallest absolute Gasteiger partial charge is 0.129 e. The van der Waals surface area contributed by atoms with Gasteiger partial charge in [0.1, 0.15) is 11.9 Å². The highest BCUT2D eigenvalue weighted by Crippen LogP contribution is 2.32. The molecule has 1 atom stereocenters. The van der Waals surface area contributed by atoms with Crippen molar-refractivity contribution in [3.05, 3.63) is 48.7 Å². The van der Waals surface area contributed by atoms with Crippen LogP contribution in [0.3, 0.4) is 0 Å². The first-order chi connectivity index (χ1) is 14.3. The number of imidazole rings is 1. The Morgan fingerprint density at radius 1 is 1.17 bits per heavy atom. The van der Waals surface area contributed by atoms with E-state index in [1.54, 1.807) is 0 Å². The summed E-state index contributed by atoms with van der Waals surface area (Å²) < 4.78 is 16.5. The first-order valence-corrected chi connectivity index (χ1v) is 10.8. The van der Waals surface area contributed by atoms with Crippen molar-refractivity contribution < 1.29 is 9.47 Å². The zero-order valence-corrected chi connectivity index (χ0v) is 17.2. The molecule has 2 saturated heterocycles. The number of aromatic nitrogens is 3. The Morgan fingerprint density at radius 3 is 2.83 bits per heavy atom. The van der Waals surface area contributed by atoms with Crippen molar-refractivity contribution in [3.63, 3.8) is 0 Å². The number of ether oxygens (including phenoxy) is 2. The summed E-state index contributed by atoms with van der Waals surface area (Å²) in [6, 6.07) is 9.08. The SMILES string of the molecule is Cn1cncc1CCN1CCC(Oc2cccc3c2ccn3C2CCOC2)CC1. The molecule has 3 aromatic rings. The largest absolute Gasteiger partial charge is 0.490 e. The summed E-state index contributed by atoms with van der Waals surface area (Å²) in [5, 5.41) is 1.22. The molecule has 0 amide bonds. The van der Waals surface area contributed by atoms with Crippen LogP contribution in [0.2, 0.25) is 0 Å². The predicted octanol–water partition coefficient (Wildman–Crippen LogP) is 3.42. The highest BCUT2D eigenvalue weighted by atomic mass is 16.5. The number of rotatable bonds is 6. The van der Waals surface area contributed by atoms with E-state index in [9.17, 15) is 0 Å². The molecule has 1 unspecified atom stereocenters. The van der Waals surface area contributed by atoms with Gasteiger partial charge in [0.2, 0.25) is 0 Å². The number of nitrogens with zero attached hydrogens (tertiary/aromatic N) is 4. The molecule has 2 aliphatic rings. The Balaban J connectivity index is 1.19. The van der Waals surface area contributed by atoms with Gasteiger partial charge in [0.05, 0.1) is 24.5 Å². The lowest BCUT2D eigenvalue weighted by atomic mass is 10.1. The highest BCUT2D eigenvalue weighted by Gasteiger charge is 2.23. The van der Waals surface area contributed by atoms with Gasteiger partial charge in [0.15, 0.2) is 0 Å². The first kappa shape index (κ1) is 18.7. The van der Waals surface area contributed by atoms with Crippen molar-refractivity contribution in [2.75, 3.05) is 32.8 Å². The van der Waals surface area contributed by atoms with E-state index < -0.39 is 0 Å². The van der Waals surface area contributed by atoms with Crippen LogP contribution in [-0.2, 0) is 18.2 Å². The van der Waals surface area contributed by atoms with Crippen molar-refractivity contribution in [3.8, 4) is 5.75 Å². The Kier molecular flexibility index (Phi) is 5.29. The Morgan fingerprint density at radius 2 is 2.07 bits per heavy atom. The maximum absolute atomic E-state index is 6.48. The second kappa shape index (κ2) is 8.20. The van der Waals surface area contributed by atoms with E-state index >= 15 is 0 Å². The Bertz CT molecular complexity index is 949. The molecule has 0 spiro atoms. The summed E-state index contributed by atoms with van der Waals surface area (Å²) in [6.07, 6.45) is 10.7. The number of likely N-dealkylation sites (tertiary alicyclic amines) is 1. The quantitative estimate of drug-likeness (QED) is 0.643. The zero-order valence-electron chi connectivity index (χ0n) is 17.2. The zero-order chi connectivity index (χ0) is 19.6. The summed E-state index contributed by atoms with van der Waals surface area (Å²) >= 11 is 0. The lowest BCUT2D eigenvalue weighted by Gasteiger charge is -2.32. The molecular weight excluding hydrogens is 364 g/mol. The molecule has 29 heavy (non-hydrogen) atoms. The lowest BCUT2D eigenvalue weighted by Crippen LogP contribution is -2.39. The highest BCUT2D eigenvalue weighted by molar-refractivity contribution is 5.86. The molecule has 0 aliphatic carbocycles. The fraction of sp³-hybridized carbons (Fsp3) is 0.522. The van der Waals surface area contributed by atoms with Crippen LogP contribution in [0.4, 0.5) is 0 Å². The van der Waals surface area contributed by atoms with Gasteiger partial charge < -0.3 is 23.5 Å². The van der Waals surface area contributed by atoms with E-state index in [0.717, 1.165) is 64.3 Å². The van der Waals surface area contributed by atoms with Crippen LogP contribution < -0.4 is 4.74 Å². The van der Waals surface area contributed by atoms with Crippen molar-refractivity contribution in [1.82, 2.24) is 19.0 Å². The molecule has 0 bridgehead atoms. The van der Waals surface area contributed by atoms with E-state index in [0.29, 0.717) is 12.1 Å². The monoisotopic (exact) mass is 394 g/mol. The Labute approximate surface area is 172 Å². The van der Waals surface area contributed by atoms with Gasteiger partial charge in [-0.15, -0.1) is 0 Å². The summed E-state index contributed by atoms with van der Waals surface area (Å²) in [7, 11) is 2.07. The molecule has 2 aromatic heterocycles. The maximum Gasteiger partial charge on any atom is 0.129 e. The van der Waals surface area contributed by atoms with E-state index in [1.165, 1.54) is 16.6 Å². The molecule has 6 heteroatoms. The third-order valence-corrected chi connectivity index (χ3v) is 6.45. The van der Waals surface area contributed by atoms with Crippen LogP contribution in [0, 0.1) is 0 Å².